The van der Waals surface area contributed by atoms with Gasteiger partial charge in [-0.3, -0.25) is 4.79 Å². The van der Waals surface area contributed by atoms with Crippen molar-refractivity contribution in [1.82, 2.24) is 9.80 Å². The van der Waals surface area contributed by atoms with Crippen LogP contribution in [0.1, 0.15) is 40.6 Å². The monoisotopic (exact) mass is 431 g/mol. The number of hydrogen-bond donors (Lipinski definition) is 1. The fourth-order valence-corrected chi connectivity index (χ4v) is 5.55. The number of benzene rings is 1. The van der Waals surface area contributed by atoms with Gasteiger partial charge in [-0.1, -0.05) is 24.6 Å². The van der Waals surface area contributed by atoms with Crippen molar-refractivity contribution in [3.05, 3.63) is 50.7 Å². The lowest BCUT2D eigenvalue weighted by atomic mass is 9.88. The average Bonchev–Trinajstić information content (AvgIpc) is 2.94. The number of thiophene rings is 1. The number of amides is 3. The zero-order valence-corrected chi connectivity index (χ0v) is 18.2. The third kappa shape index (κ3) is 4.59. The molecule has 29 heavy (non-hydrogen) atoms. The van der Waals surface area contributed by atoms with E-state index in [4.69, 9.17) is 11.6 Å². The highest BCUT2D eigenvalue weighted by molar-refractivity contribution is 7.10. The quantitative estimate of drug-likeness (QED) is 0.734. The summed E-state index contributed by atoms with van der Waals surface area (Å²) in [5.41, 5.74) is 2.82. The first kappa shape index (κ1) is 20.2. The smallest absolute Gasteiger partial charge is 0.321 e. The minimum absolute atomic E-state index is 0.120. The van der Waals surface area contributed by atoms with Crippen LogP contribution < -0.4 is 5.32 Å². The molecule has 2 aliphatic rings. The lowest BCUT2D eigenvalue weighted by Crippen LogP contribution is -2.39. The number of anilines is 1. The molecule has 0 radical (unpaired) electrons. The Morgan fingerprint density at radius 3 is 2.79 bits per heavy atom. The van der Waals surface area contributed by atoms with E-state index in [0.717, 1.165) is 31.2 Å². The summed E-state index contributed by atoms with van der Waals surface area (Å²) in [5.74, 6) is 0.822. The molecule has 5 nitrogen and oxygen atoms in total. The van der Waals surface area contributed by atoms with Gasteiger partial charge >= 0.3 is 6.03 Å². The zero-order valence-electron chi connectivity index (χ0n) is 16.6. The number of fused-ring (bicyclic) bond motifs is 1. The van der Waals surface area contributed by atoms with E-state index >= 15 is 0 Å². The topological polar surface area (TPSA) is 52.7 Å². The zero-order chi connectivity index (χ0) is 20.4. The van der Waals surface area contributed by atoms with Crippen molar-refractivity contribution in [2.75, 3.05) is 31.5 Å². The summed E-state index contributed by atoms with van der Waals surface area (Å²) in [4.78, 5) is 30.9. The molecule has 1 N–H and O–H groups in total. The van der Waals surface area contributed by atoms with E-state index in [1.54, 1.807) is 28.4 Å². The van der Waals surface area contributed by atoms with Crippen molar-refractivity contribution in [1.29, 1.82) is 0 Å². The van der Waals surface area contributed by atoms with E-state index in [2.05, 4.69) is 12.2 Å². The van der Waals surface area contributed by atoms with Crippen LogP contribution in [-0.2, 0) is 12.8 Å². The molecule has 0 bridgehead atoms. The highest BCUT2D eigenvalue weighted by atomic mass is 35.5. The Labute approximate surface area is 180 Å². The minimum Gasteiger partial charge on any atom is -0.337 e. The lowest BCUT2D eigenvalue weighted by Gasteiger charge is -2.24. The van der Waals surface area contributed by atoms with Gasteiger partial charge in [0, 0.05) is 47.1 Å². The Morgan fingerprint density at radius 2 is 1.97 bits per heavy atom. The second-order valence-electron chi connectivity index (χ2n) is 7.97. The first-order valence-electron chi connectivity index (χ1n) is 10.2. The highest BCUT2D eigenvalue weighted by Gasteiger charge is 2.28. The molecule has 1 aromatic heterocycles. The number of nitrogens with one attached hydrogen (secondary N) is 1. The molecule has 1 aliphatic carbocycles. The number of carbonyl (C=O) groups excluding carboxylic acids is 2. The van der Waals surface area contributed by atoms with Gasteiger partial charge in [-0.15, -0.1) is 11.3 Å². The van der Waals surface area contributed by atoms with Crippen LogP contribution in [-0.4, -0.2) is 47.9 Å². The van der Waals surface area contributed by atoms with E-state index in [9.17, 15) is 9.59 Å². The Bertz CT molecular complexity index is 913. The van der Waals surface area contributed by atoms with Gasteiger partial charge in [-0.05, 0) is 55.4 Å². The third-order valence-corrected chi connectivity index (χ3v) is 7.06. The molecule has 0 saturated carbocycles. The molecule has 1 aromatic carbocycles. The van der Waals surface area contributed by atoms with Gasteiger partial charge in [0.2, 0.25) is 0 Å². The summed E-state index contributed by atoms with van der Waals surface area (Å²) in [6, 6.07) is 6.98. The first-order chi connectivity index (χ1) is 14.0. The predicted molar refractivity (Wildman–Crippen MR) is 118 cm³/mol. The first-order valence-corrected chi connectivity index (χ1v) is 11.5. The molecule has 1 aliphatic heterocycles. The van der Waals surface area contributed by atoms with Crippen LogP contribution in [0.25, 0.3) is 0 Å². The lowest BCUT2D eigenvalue weighted by molar-refractivity contribution is 0.0761. The van der Waals surface area contributed by atoms with Gasteiger partial charge in [0.1, 0.15) is 0 Å². The van der Waals surface area contributed by atoms with Crippen molar-refractivity contribution < 1.29 is 9.59 Å². The summed E-state index contributed by atoms with van der Waals surface area (Å²) in [5, 5.41) is 5.53. The maximum Gasteiger partial charge on any atom is 0.321 e. The van der Waals surface area contributed by atoms with Gasteiger partial charge in [0.15, 0.2) is 0 Å². The molecule has 3 amide bonds. The molecule has 1 unspecified atom stereocenters. The van der Waals surface area contributed by atoms with Gasteiger partial charge in [-0.25, -0.2) is 4.79 Å². The summed E-state index contributed by atoms with van der Waals surface area (Å²) < 4.78 is 0. The summed E-state index contributed by atoms with van der Waals surface area (Å²) in [6.45, 7) is 4.68. The fraction of sp³-hybridized carbons (Fsp3) is 0.455. The Balaban J connectivity index is 1.39. The Hall–Kier alpha value is -2.05. The van der Waals surface area contributed by atoms with Gasteiger partial charge < -0.3 is 15.1 Å². The third-order valence-electron chi connectivity index (χ3n) is 5.78. The van der Waals surface area contributed by atoms with Crippen molar-refractivity contribution in [2.45, 2.75) is 32.6 Å². The van der Waals surface area contributed by atoms with Crippen molar-refractivity contribution >= 4 is 40.6 Å². The second-order valence-corrected chi connectivity index (χ2v) is 9.37. The number of carbonyl (C=O) groups is 2. The number of urea groups is 1. The SMILES string of the molecule is CC1CCc2c(C(=O)N3CCCN(C(=O)Nc4cccc(Cl)c4)CC3)csc2C1. The van der Waals surface area contributed by atoms with Crippen LogP contribution in [0.15, 0.2) is 29.6 Å². The normalized spacial score (nSPS) is 19.4. The van der Waals surface area contributed by atoms with Crippen LogP contribution in [0.2, 0.25) is 5.02 Å². The summed E-state index contributed by atoms with van der Waals surface area (Å²) in [7, 11) is 0. The molecule has 4 rings (SSSR count). The van der Waals surface area contributed by atoms with Crippen LogP contribution in [0.3, 0.4) is 0 Å². The van der Waals surface area contributed by atoms with Crippen molar-refractivity contribution in [3.8, 4) is 0 Å². The second kappa shape index (κ2) is 8.76. The van der Waals surface area contributed by atoms with E-state index in [1.165, 1.54) is 10.4 Å². The van der Waals surface area contributed by atoms with E-state index < -0.39 is 0 Å². The number of hydrogen-bond acceptors (Lipinski definition) is 3. The largest absolute Gasteiger partial charge is 0.337 e. The van der Waals surface area contributed by atoms with E-state index in [1.807, 2.05) is 22.4 Å². The highest BCUT2D eigenvalue weighted by Crippen LogP contribution is 2.33. The van der Waals surface area contributed by atoms with Gasteiger partial charge in [0.05, 0.1) is 5.56 Å². The van der Waals surface area contributed by atoms with Crippen molar-refractivity contribution in [3.63, 3.8) is 0 Å². The molecular formula is C22H26ClN3O2S. The van der Waals surface area contributed by atoms with Crippen LogP contribution in [0.4, 0.5) is 10.5 Å². The van der Waals surface area contributed by atoms with E-state index in [-0.39, 0.29) is 11.9 Å². The predicted octanol–water partition coefficient (Wildman–Crippen LogP) is 4.91. The standard InChI is InChI=1S/C22H26ClN3O2S/c1-15-6-7-18-19(14-29-20(18)12-15)21(27)25-8-3-9-26(11-10-25)22(28)24-17-5-2-4-16(23)13-17/h2,4-5,13-15H,3,6-12H2,1H3,(H,24,28). The minimum atomic E-state index is -0.150. The number of nitrogens with zero attached hydrogens (tertiary/aromatic N) is 2. The molecule has 2 heterocycles. The maximum absolute atomic E-state index is 13.2. The summed E-state index contributed by atoms with van der Waals surface area (Å²) in [6.07, 6.45) is 4.02. The van der Waals surface area contributed by atoms with Gasteiger partial charge in [-0.2, -0.15) is 0 Å². The molecule has 1 atom stereocenters. The van der Waals surface area contributed by atoms with Crippen molar-refractivity contribution in [2.24, 2.45) is 5.92 Å². The van der Waals surface area contributed by atoms with Crippen LogP contribution >= 0.6 is 22.9 Å². The number of halogens is 1. The average molecular weight is 432 g/mol. The fourth-order valence-electron chi connectivity index (χ4n) is 4.12. The van der Waals surface area contributed by atoms with Gasteiger partial charge in [0.25, 0.3) is 5.91 Å². The number of rotatable bonds is 2. The summed E-state index contributed by atoms with van der Waals surface area (Å²) >= 11 is 7.72. The Kier molecular flexibility index (Phi) is 6.11. The molecule has 7 heteroatoms. The van der Waals surface area contributed by atoms with Crippen LogP contribution in [0, 0.1) is 5.92 Å². The molecule has 0 spiro atoms. The molecule has 1 fully saturated rings. The Morgan fingerprint density at radius 1 is 1.17 bits per heavy atom. The molecule has 154 valence electrons. The van der Waals surface area contributed by atoms with Crippen LogP contribution in [0.5, 0.6) is 0 Å². The molecule has 2 aromatic rings. The maximum atomic E-state index is 13.2. The van der Waals surface area contributed by atoms with E-state index in [0.29, 0.717) is 42.8 Å². The molecule has 1 saturated heterocycles. The molecular weight excluding hydrogens is 406 g/mol.